The number of ether oxygens (including phenoxy) is 2. The number of rotatable bonds is 12. The highest BCUT2D eigenvalue weighted by Crippen LogP contribution is 2.49. The molecule has 0 bridgehead atoms. The van der Waals surface area contributed by atoms with Gasteiger partial charge in [-0.1, -0.05) is 82.7 Å². The van der Waals surface area contributed by atoms with E-state index >= 15 is 0 Å². The summed E-state index contributed by atoms with van der Waals surface area (Å²) in [7, 11) is -4.39. The molecule has 242 valence electrons. The van der Waals surface area contributed by atoms with Gasteiger partial charge in [-0.25, -0.2) is 9.36 Å². The van der Waals surface area contributed by atoms with Gasteiger partial charge in [0.2, 0.25) is 0 Å². The van der Waals surface area contributed by atoms with Gasteiger partial charge in [-0.15, -0.1) is 0 Å². The minimum absolute atomic E-state index is 0.000876. The van der Waals surface area contributed by atoms with Gasteiger partial charge in [0, 0.05) is 18.0 Å². The molecule has 0 amide bonds. The summed E-state index contributed by atoms with van der Waals surface area (Å²) in [5.41, 5.74) is -1.89. The molecule has 1 saturated heterocycles. The molecular weight excluding hydrogens is 681 g/mol. The number of nitrogens with zero attached hydrogens (tertiary/aromatic N) is 1. The van der Waals surface area contributed by atoms with Crippen molar-refractivity contribution in [3.63, 3.8) is 0 Å². The van der Waals surface area contributed by atoms with E-state index in [0.717, 1.165) is 15.5 Å². The van der Waals surface area contributed by atoms with Gasteiger partial charge < -0.3 is 19.1 Å². The molecular formula is C32H33BrN3O9P. The van der Waals surface area contributed by atoms with Crippen LogP contribution in [0.1, 0.15) is 37.6 Å². The second-order valence-electron chi connectivity index (χ2n) is 11.1. The predicted molar refractivity (Wildman–Crippen MR) is 175 cm³/mol. The van der Waals surface area contributed by atoms with E-state index in [-0.39, 0.29) is 24.3 Å². The van der Waals surface area contributed by atoms with E-state index in [1.165, 1.54) is 31.1 Å². The number of esters is 1. The van der Waals surface area contributed by atoms with Crippen molar-refractivity contribution in [3.8, 4) is 5.75 Å². The Morgan fingerprint density at radius 3 is 2.61 bits per heavy atom. The number of halogens is 1. The molecule has 14 heteroatoms. The van der Waals surface area contributed by atoms with Gasteiger partial charge in [-0.05, 0) is 41.9 Å². The van der Waals surface area contributed by atoms with Gasteiger partial charge in [0.1, 0.15) is 30.2 Å². The Kier molecular flexibility index (Phi) is 10.4. The molecule has 1 unspecified atom stereocenters. The lowest BCUT2D eigenvalue weighted by Gasteiger charge is -2.30. The lowest BCUT2D eigenvalue weighted by atomic mass is 10.1. The highest BCUT2D eigenvalue weighted by molar-refractivity contribution is 9.11. The van der Waals surface area contributed by atoms with Crippen LogP contribution in [0, 0.1) is 0 Å². The molecule has 0 aliphatic carbocycles. The van der Waals surface area contributed by atoms with E-state index in [9.17, 15) is 24.1 Å². The summed E-state index contributed by atoms with van der Waals surface area (Å²) >= 11 is 3.11. The fourth-order valence-electron chi connectivity index (χ4n) is 4.89. The molecule has 0 saturated carbocycles. The Labute approximate surface area is 272 Å². The summed E-state index contributed by atoms with van der Waals surface area (Å²) in [6.45, 7) is 2.54. The summed E-state index contributed by atoms with van der Waals surface area (Å²) < 4.78 is 38.9. The van der Waals surface area contributed by atoms with Crippen LogP contribution in [0.5, 0.6) is 5.75 Å². The number of fused-ring (bicyclic) bond motifs is 1. The Bertz CT molecular complexity index is 1890. The predicted octanol–water partition coefficient (Wildman–Crippen LogP) is 5.02. The summed E-state index contributed by atoms with van der Waals surface area (Å²) in [5.74, 6) is -0.468. The van der Waals surface area contributed by atoms with Gasteiger partial charge >= 0.3 is 19.4 Å². The molecule has 2 heterocycles. The molecule has 1 aromatic heterocycles. The van der Waals surface area contributed by atoms with Crippen LogP contribution in [0.15, 0.2) is 93.6 Å². The standard InChI is InChI=1S/C32H33BrN3O9P/c1-32(2,30(39)42-19-21-9-4-3-5-10-21)35-46(41,45-26-14-8-12-22-11-6-7-13-24(22)26)43-20-27-25(37)17-28(44-27)36-18-23(15-16-33)29(38)34-31(36)40/h3-16,18,25,27-28,37H,17,19-20H2,1-2H3,(H,35,41)(H,34,38,40)/b16-15+/t25-,27+,28+,46?/m0/s1. The van der Waals surface area contributed by atoms with E-state index < -0.39 is 55.5 Å². The van der Waals surface area contributed by atoms with Crippen LogP contribution in [0.2, 0.25) is 0 Å². The number of aromatic nitrogens is 2. The molecule has 4 atom stereocenters. The molecule has 0 radical (unpaired) electrons. The third-order valence-corrected chi connectivity index (χ3v) is 9.29. The first-order valence-corrected chi connectivity index (χ1v) is 16.8. The van der Waals surface area contributed by atoms with E-state index in [1.807, 2.05) is 48.5 Å². The van der Waals surface area contributed by atoms with Crippen molar-refractivity contribution in [2.45, 2.75) is 50.8 Å². The van der Waals surface area contributed by atoms with Crippen LogP contribution in [-0.4, -0.2) is 45.0 Å². The molecule has 46 heavy (non-hydrogen) atoms. The van der Waals surface area contributed by atoms with Gasteiger partial charge in [0.05, 0.1) is 18.3 Å². The molecule has 3 N–H and O–H groups in total. The average molecular weight is 715 g/mol. The maximum atomic E-state index is 14.4. The summed E-state index contributed by atoms with van der Waals surface area (Å²) in [4.78, 5) is 41.5. The number of hydrogen-bond donors (Lipinski definition) is 3. The highest BCUT2D eigenvalue weighted by Gasteiger charge is 2.43. The molecule has 0 spiro atoms. The van der Waals surface area contributed by atoms with Gasteiger partial charge in [0.15, 0.2) is 0 Å². The van der Waals surface area contributed by atoms with Crippen LogP contribution in [0.4, 0.5) is 0 Å². The van der Waals surface area contributed by atoms with Gasteiger partial charge in [0.25, 0.3) is 5.56 Å². The van der Waals surface area contributed by atoms with Crippen molar-refractivity contribution in [1.29, 1.82) is 0 Å². The van der Waals surface area contributed by atoms with E-state index in [1.54, 1.807) is 24.3 Å². The third-order valence-electron chi connectivity index (χ3n) is 7.27. The normalized spacial score (nSPS) is 19.7. The number of nitrogens with one attached hydrogen (secondary N) is 2. The molecule has 4 aromatic rings. The van der Waals surface area contributed by atoms with Gasteiger partial charge in [-0.3, -0.25) is 23.7 Å². The van der Waals surface area contributed by atoms with Crippen LogP contribution in [-0.2, 0) is 30.0 Å². The zero-order valence-electron chi connectivity index (χ0n) is 25.0. The van der Waals surface area contributed by atoms with Crippen molar-refractivity contribution in [2.24, 2.45) is 0 Å². The fourth-order valence-corrected chi connectivity index (χ4v) is 6.87. The third kappa shape index (κ3) is 7.92. The van der Waals surface area contributed by atoms with Crippen molar-refractivity contribution >= 4 is 46.5 Å². The van der Waals surface area contributed by atoms with E-state index in [0.29, 0.717) is 5.39 Å². The number of aliphatic hydroxyl groups excluding tert-OH is 1. The SMILES string of the molecule is CC(C)(NP(=O)(OC[C@H]1O[C@@H](n2cc(/C=C/Br)c(=O)[nH]c2=O)C[C@@H]1O)Oc1cccc2ccccc12)C(=O)OCc1ccccc1. The molecule has 1 aliphatic rings. The minimum atomic E-state index is -4.39. The van der Waals surface area contributed by atoms with Crippen molar-refractivity contribution in [2.75, 3.05) is 6.61 Å². The second kappa shape index (κ2) is 14.3. The summed E-state index contributed by atoms with van der Waals surface area (Å²) in [5, 5.41) is 15.0. The Morgan fingerprint density at radius 1 is 1.13 bits per heavy atom. The monoisotopic (exact) mass is 713 g/mol. The number of benzene rings is 3. The van der Waals surface area contributed by atoms with Crippen LogP contribution in [0.3, 0.4) is 0 Å². The molecule has 3 aromatic carbocycles. The van der Waals surface area contributed by atoms with Crippen molar-refractivity contribution in [3.05, 3.63) is 116 Å². The Morgan fingerprint density at radius 2 is 1.85 bits per heavy atom. The topological polar surface area (TPSA) is 158 Å². The maximum Gasteiger partial charge on any atom is 0.459 e. The Hall–Kier alpha value is -3.84. The number of aromatic amines is 1. The smallest absolute Gasteiger partial charge is 0.459 e. The molecule has 1 aliphatic heterocycles. The summed E-state index contributed by atoms with van der Waals surface area (Å²) in [6.07, 6.45) is -0.367. The number of hydrogen-bond acceptors (Lipinski definition) is 9. The number of carbonyl (C=O) groups excluding carboxylic acids is 1. The average Bonchev–Trinajstić information content (AvgIpc) is 3.40. The summed E-state index contributed by atoms with van der Waals surface area (Å²) in [6, 6.07) is 21.7. The number of H-pyrrole nitrogens is 1. The van der Waals surface area contributed by atoms with Crippen LogP contribution < -0.4 is 20.9 Å². The van der Waals surface area contributed by atoms with Crippen molar-refractivity contribution < 1.29 is 33.0 Å². The highest BCUT2D eigenvalue weighted by atomic mass is 79.9. The largest absolute Gasteiger partial charge is 0.459 e. The number of carbonyl (C=O) groups is 1. The number of aliphatic hydroxyl groups is 1. The quantitative estimate of drug-likeness (QED) is 0.135. The maximum absolute atomic E-state index is 14.4. The zero-order chi connectivity index (χ0) is 32.9. The van der Waals surface area contributed by atoms with Gasteiger partial charge in [-0.2, -0.15) is 5.09 Å². The van der Waals surface area contributed by atoms with E-state index in [2.05, 4.69) is 26.0 Å². The minimum Gasteiger partial charge on any atom is -0.459 e. The second-order valence-corrected chi connectivity index (χ2v) is 13.3. The van der Waals surface area contributed by atoms with Crippen molar-refractivity contribution in [1.82, 2.24) is 14.6 Å². The fraction of sp³-hybridized carbons (Fsp3) is 0.281. The first-order chi connectivity index (χ1) is 22.0. The lowest BCUT2D eigenvalue weighted by molar-refractivity contribution is -0.151. The first-order valence-electron chi connectivity index (χ1n) is 14.4. The molecule has 5 rings (SSSR count). The molecule has 1 fully saturated rings. The molecule has 12 nitrogen and oxygen atoms in total. The van der Waals surface area contributed by atoms with E-state index in [4.69, 9.17) is 18.5 Å². The Balaban J connectivity index is 1.37. The first kappa shape index (κ1) is 33.5. The lowest BCUT2D eigenvalue weighted by Crippen LogP contribution is -2.47. The van der Waals surface area contributed by atoms with Crippen LogP contribution >= 0.6 is 23.7 Å². The zero-order valence-corrected chi connectivity index (χ0v) is 27.5. The van der Waals surface area contributed by atoms with Crippen LogP contribution in [0.25, 0.3) is 16.8 Å².